The van der Waals surface area contributed by atoms with E-state index in [0.717, 1.165) is 12.6 Å². The van der Waals surface area contributed by atoms with Gasteiger partial charge in [0, 0.05) is 20.2 Å². The predicted molar refractivity (Wildman–Crippen MR) is 64.4 cm³/mol. The molecule has 0 saturated heterocycles. The third kappa shape index (κ3) is 4.43. The molecular weight excluding hydrogens is 224 g/mol. The molecular formula is C11H17BFNO3. The van der Waals surface area contributed by atoms with Gasteiger partial charge in [-0.25, -0.2) is 4.39 Å². The third-order valence-corrected chi connectivity index (χ3v) is 2.50. The number of ether oxygens (including phenoxy) is 1. The van der Waals surface area contributed by atoms with Crippen molar-refractivity contribution in [3.8, 4) is 0 Å². The lowest BCUT2D eigenvalue weighted by Crippen LogP contribution is -2.36. The van der Waals surface area contributed by atoms with E-state index < -0.39 is 12.9 Å². The van der Waals surface area contributed by atoms with Crippen molar-refractivity contribution < 1.29 is 19.2 Å². The SMILES string of the molecule is COCCN(C)Cc1ccc(F)cc1B(O)O. The van der Waals surface area contributed by atoms with Gasteiger partial charge < -0.3 is 14.8 Å². The summed E-state index contributed by atoms with van der Waals surface area (Å²) in [4.78, 5) is 1.96. The minimum atomic E-state index is -1.66. The van der Waals surface area contributed by atoms with Gasteiger partial charge in [-0.05, 0) is 30.2 Å². The fourth-order valence-electron chi connectivity index (χ4n) is 1.57. The van der Waals surface area contributed by atoms with E-state index in [-0.39, 0.29) is 5.46 Å². The average molecular weight is 241 g/mol. The van der Waals surface area contributed by atoms with E-state index in [2.05, 4.69) is 0 Å². The summed E-state index contributed by atoms with van der Waals surface area (Å²) in [5.74, 6) is -0.476. The van der Waals surface area contributed by atoms with E-state index in [1.54, 1.807) is 13.2 Å². The normalized spacial score (nSPS) is 10.9. The molecule has 94 valence electrons. The molecule has 0 spiro atoms. The highest BCUT2D eigenvalue weighted by Gasteiger charge is 2.17. The van der Waals surface area contributed by atoms with Gasteiger partial charge >= 0.3 is 7.12 Å². The van der Waals surface area contributed by atoms with E-state index in [9.17, 15) is 4.39 Å². The van der Waals surface area contributed by atoms with Crippen molar-refractivity contribution in [3.63, 3.8) is 0 Å². The van der Waals surface area contributed by atoms with Gasteiger partial charge in [0.05, 0.1) is 6.61 Å². The monoisotopic (exact) mass is 241 g/mol. The van der Waals surface area contributed by atoms with Gasteiger partial charge in [0.2, 0.25) is 0 Å². The number of nitrogens with zero attached hydrogens (tertiary/aromatic N) is 1. The molecule has 0 saturated carbocycles. The number of halogens is 1. The number of methoxy groups -OCH3 is 1. The van der Waals surface area contributed by atoms with Gasteiger partial charge in [-0.2, -0.15) is 0 Å². The van der Waals surface area contributed by atoms with Gasteiger partial charge in [-0.1, -0.05) is 6.07 Å². The minimum Gasteiger partial charge on any atom is -0.423 e. The van der Waals surface area contributed by atoms with Crippen LogP contribution in [0, 0.1) is 5.82 Å². The van der Waals surface area contributed by atoms with E-state index in [1.807, 2.05) is 11.9 Å². The first-order valence-electron chi connectivity index (χ1n) is 5.36. The van der Waals surface area contributed by atoms with Crippen molar-refractivity contribution in [2.75, 3.05) is 27.3 Å². The van der Waals surface area contributed by atoms with Crippen LogP contribution in [0.25, 0.3) is 0 Å². The Morgan fingerprint density at radius 1 is 1.41 bits per heavy atom. The number of rotatable bonds is 6. The van der Waals surface area contributed by atoms with Crippen molar-refractivity contribution in [2.24, 2.45) is 0 Å². The Morgan fingerprint density at radius 3 is 2.71 bits per heavy atom. The second-order valence-electron chi connectivity index (χ2n) is 3.95. The third-order valence-electron chi connectivity index (χ3n) is 2.50. The Balaban J connectivity index is 2.76. The molecule has 17 heavy (non-hydrogen) atoms. The minimum absolute atomic E-state index is 0.203. The molecule has 1 aromatic rings. The lowest BCUT2D eigenvalue weighted by atomic mass is 9.77. The summed E-state index contributed by atoms with van der Waals surface area (Å²) >= 11 is 0. The lowest BCUT2D eigenvalue weighted by Gasteiger charge is -2.18. The van der Waals surface area contributed by atoms with Crippen LogP contribution in [0.15, 0.2) is 18.2 Å². The Kier molecular flexibility index (Phi) is 5.57. The molecule has 0 amide bonds. The van der Waals surface area contributed by atoms with Crippen molar-refractivity contribution in [1.82, 2.24) is 4.90 Å². The van der Waals surface area contributed by atoms with Crippen LogP contribution < -0.4 is 5.46 Å². The van der Waals surface area contributed by atoms with Crippen molar-refractivity contribution in [2.45, 2.75) is 6.54 Å². The summed E-state index contributed by atoms with van der Waals surface area (Å²) in [6.45, 7) is 1.82. The zero-order valence-corrected chi connectivity index (χ0v) is 10.1. The van der Waals surface area contributed by atoms with E-state index in [0.29, 0.717) is 18.7 Å². The number of hydrogen-bond donors (Lipinski definition) is 2. The molecule has 0 radical (unpaired) electrons. The lowest BCUT2D eigenvalue weighted by molar-refractivity contribution is 0.158. The van der Waals surface area contributed by atoms with Crippen LogP contribution in [0.2, 0.25) is 0 Å². The van der Waals surface area contributed by atoms with Gasteiger partial charge in [-0.15, -0.1) is 0 Å². The van der Waals surface area contributed by atoms with Crippen molar-refractivity contribution in [1.29, 1.82) is 0 Å². The highest BCUT2D eigenvalue weighted by Crippen LogP contribution is 2.04. The Bertz CT molecular complexity index is 363. The molecule has 6 heteroatoms. The topological polar surface area (TPSA) is 52.9 Å². The molecule has 0 unspecified atom stereocenters. The molecule has 0 fully saturated rings. The molecule has 0 aliphatic rings. The van der Waals surface area contributed by atoms with Crippen LogP contribution in [-0.4, -0.2) is 49.4 Å². The van der Waals surface area contributed by atoms with Crippen LogP contribution in [0.5, 0.6) is 0 Å². The molecule has 2 N–H and O–H groups in total. The molecule has 1 aromatic carbocycles. The summed E-state index contributed by atoms with van der Waals surface area (Å²) < 4.78 is 17.9. The average Bonchev–Trinajstić information content (AvgIpc) is 2.28. The fraction of sp³-hybridized carbons (Fsp3) is 0.455. The van der Waals surface area contributed by atoms with Gasteiger partial charge in [-0.3, -0.25) is 4.90 Å². The van der Waals surface area contributed by atoms with Crippen LogP contribution in [0.3, 0.4) is 0 Å². The van der Waals surface area contributed by atoms with Crippen LogP contribution in [-0.2, 0) is 11.3 Å². The summed E-state index contributed by atoms with van der Waals surface area (Å²) in [6.07, 6.45) is 0. The van der Waals surface area contributed by atoms with E-state index in [1.165, 1.54) is 6.07 Å². The molecule has 0 bridgehead atoms. The van der Waals surface area contributed by atoms with Crippen LogP contribution in [0.1, 0.15) is 5.56 Å². The summed E-state index contributed by atoms with van der Waals surface area (Å²) in [6, 6.07) is 4.02. The van der Waals surface area contributed by atoms with Crippen LogP contribution >= 0.6 is 0 Å². The maximum atomic E-state index is 13.0. The first-order valence-corrected chi connectivity index (χ1v) is 5.36. The predicted octanol–water partition coefficient (Wildman–Crippen LogP) is -0.416. The number of likely N-dealkylation sites (N-methyl/N-ethyl adjacent to an activating group) is 1. The first kappa shape index (κ1) is 14.1. The summed E-state index contributed by atoms with van der Waals surface area (Å²) in [7, 11) is 1.85. The molecule has 0 aromatic heterocycles. The van der Waals surface area contributed by atoms with Crippen molar-refractivity contribution in [3.05, 3.63) is 29.6 Å². The van der Waals surface area contributed by atoms with E-state index >= 15 is 0 Å². The second kappa shape index (κ2) is 6.71. The Hall–Kier alpha value is -0.945. The second-order valence-corrected chi connectivity index (χ2v) is 3.95. The van der Waals surface area contributed by atoms with Gasteiger partial charge in [0.1, 0.15) is 5.82 Å². The van der Waals surface area contributed by atoms with Gasteiger partial charge in [0.15, 0.2) is 0 Å². The summed E-state index contributed by atoms with van der Waals surface area (Å²) in [5.41, 5.74) is 0.897. The Labute approximate surface area is 101 Å². The smallest absolute Gasteiger partial charge is 0.423 e. The molecule has 0 heterocycles. The largest absolute Gasteiger partial charge is 0.488 e. The number of benzene rings is 1. The zero-order valence-electron chi connectivity index (χ0n) is 10.1. The summed E-state index contributed by atoms with van der Waals surface area (Å²) in [5, 5.41) is 18.3. The number of hydrogen-bond acceptors (Lipinski definition) is 4. The maximum absolute atomic E-state index is 13.0. The highest BCUT2D eigenvalue weighted by molar-refractivity contribution is 6.59. The Morgan fingerprint density at radius 2 is 2.12 bits per heavy atom. The van der Waals surface area contributed by atoms with Crippen LogP contribution in [0.4, 0.5) is 4.39 Å². The molecule has 0 atom stereocenters. The maximum Gasteiger partial charge on any atom is 0.488 e. The first-order chi connectivity index (χ1) is 8.04. The molecule has 0 aliphatic carbocycles. The van der Waals surface area contributed by atoms with Crippen molar-refractivity contribution >= 4 is 12.6 Å². The molecule has 1 rings (SSSR count). The highest BCUT2D eigenvalue weighted by atomic mass is 19.1. The molecule has 4 nitrogen and oxygen atoms in total. The zero-order chi connectivity index (χ0) is 12.8. The fourth-order valence-corrected chi connectivity index (χ4v) is 1.57. The molecule has 0 aliphatic heterocycles. The van der Waals surface area contributed by atoms with Gasteiger partial charge in [0.25, 0.3) is 0 Å². The van der Waals surface area contributed by atoms with E-state index in [4.69, 9.17) is 14.8 Å². The standard InChI is InChI=1S/C11H17BFNO3/c1-14(5-6-17-2)8-9-3-4-10(13)7-11(9)12(15)16/h3-4,7,15-16H,5-6,8H2,1-2H3. The quantitative estimate of drug-likeness (QED) is 0.664.